The van der Waals surface area contributed by atoms with E-state index < -0.39 is 12.3 Å². The number of carbonyl (C=O) groups excluding carboxylic acids is 1. The van der Waals surface area contributed by atoms with Gasteiger partial charge >= 0.3 is 12.3 Å². The van der Waals surface area contributed by atoms with Crippen LogP contribution in [-0.2, 0) is 14.5 Å². The molecule has 0 bridgehead atoms. The molecule has 0 saturated heterocycles. The first-order valence-electron chi connectivity index (χ1n) is 4.95. The van der Waals surface area contributed by atoms with Gasteiger partial charge in [0.15, 0.2) is 0 Å². The van der Waals surface area contributed by atoms with Crippen LogP contribution in [0.3, 0.4) is 0 Å². The lowest BCUT2D eigenvalue weighted by Gasteiger charge is -2.22. The second-order valence-electron chi connectivity index (χ2n) is 4.86. The van der Waals surface area contributed by atoms with Crippen LogP contribution in [0.25, 0.3) is 0 Å². The highest BCUT2D eigenvalue weighted by Crippen LogP contribution is 2.24. The number of carboxylic acid groups (broad SMARTS) is 1. The summed E-state index contributed by atoms with van der Waals surface area (Å²) < 4.78 is 4.65. The van der Waals surface area contributed by atoms with Gasteiger partial charge in [-0.25, -0.2) is 9.68 Å². The third-order valence-corrected chi connectivity index (χ3v) is 1.63. The monoisotopic (exact) mass is 234 g/mol. The largest absolute Gasteiger partial charge is 0.550 e. The molecule has 0 aromatic carbocycles. The summed E-state index contributed by atoms with van der Waals surface area (Å²) in [5.41, 5.74) is 0.143. The second kappa shape index (κ2) is 6.19. The molecule has 1 unspecified atom stereocenters. The summed E-state index contributed by atoms with van der Waals surface area (Å²) in [6.07, 6.45) is -1.97. The van der Waals surface area contributed by atoms with Gasteiger partial charge in [-0.3, -0.25) is 0 Å². The summed E-state index contributed by atoms with van der Waals surface area (Å²) in [6, 6.07) is 0. The summed E-state index contributed by atoms with van der Waals surface area (Å²) >= 11 is 0. The van der Waals surface area contributed by atoms with E-state index >= 15 is 0 Å². The van der Waals surface area contributed by atoms with E-state index in [-0.39, 0.29) is 17.9 Å². The molecular formula is C10H18O6. The molecule has 0 aliphatic rings. The van der Waals surface area contributed by atoms with E-state index in [0.717, 1.165) is 6.42 Å². The molecule has 0 aromatic rings. The lowest BCUT2D eigenvalue weighted by molar-refractivity contribution is -0.214. The minimum atomic E-state index is -1.69. The number of hydrogen-bond donors (Lipinski definition) is 1. The van der Waals surface area contributed by atoms with Crippen molar-refractivity contribution >= 4 is 12.3 Å². The molecule has 0 rings (SSSR count). The maximum Gasteiger partial charge on any atom is 0.550 e. The van der Waals surface area contributed by atoms with Crippen LogP contribution in [0, 0.1) is 11.3 Å². The van der Waals surface area contributed by atoms with Crippen LogP contribution < -0.4 is 0 Å². The van der Waals surface area contributed by atoms with Gasteiger partial charge < -0.3 is 9.84 Å². The van der Waals surface area contributed by atoms with Crippen molar-refractivity contribution in [3.63, 3.8) is 0 Å². The molecule has 0 spiro atoms. The Kier molecular flexibility index (Phi) is 5.63. The molecule has 6 nitrogen and oxygen atoms in total. The lowest BCUT2D eigenvalue weighted by Crippen LogP contribution is -2.19. The quantitative estimate of drug-likeness (QED) is 0.459. The zero-order chi connectivity index (χ0) is 12.8. The van der Waals surface area contributed by atoms with E-state index in [4.69, 9.17) is 5.11 Å². The van der Waals surface area contributed by atoms with Crippen LogP contribution in [0.1, 0.15) is 34.1 Å². The maximum atomic E-state index is 10.8. The standard InChI is InChI=1S/C10H18O6/c1-7(5-10(2,3)4)6-14-9(13)16-15-8(11)12/h7H,5-6H2,1-4H3,(H,11,12). The predicted octanol–water partition coefficient (Wildman–Crippen LogP) is 2.82. The van der Waals surface area contributed by atoms with Gasteiger partial charge in [-0.1, -0.05) is 27.7 Å². The summed E-state index contributed by atoms with van der Waals surface area (Å²) in [5, 5.41) is 8.04. The van der Waals surface area contributed by atoms with E-state index in [9.17, 15) is 9.59 Å². The van der Waals surface area contributed by atoms with E-state index in [0.29, 0.717) is 0 Å². The van der Waals surface area contributed by atoms with Crippen molar-refractivity contribution in [1.29, 1.82) is 0 Å². The molecule has 0 aromatic heterocycles. The highest BCUT2D eigenvalue weighted by Gasteiger charge is 2.17. The normalized spacial score (nSPS) is 12.8. The van der Waals surface area contributed by atoms with Gasteiger partial charge in [-0.2, -0.15) is 9.68 Å². The van der Waals surface area contributed by atoms with Crippen molar-refractivity contribution in [2.75, 3.05) is 6.61 Å². The van der Waals surface area contributed by atoms with Crippen molar-refractivity contribution < 1.29 is 29.2 Å². The first-order chi connectivity index (χ1) is 7.20. The molecule has 0 heterocycles. The van der Waals surface area contributed by atoms with Crippen LogP contribution in [0.2, 0.25) is 0 Å². The summed E-state index contributed by atoms with van der Waals surface area (Å²) in [5.74, 6) is 0.164. The van der Waals surface area contributed by atoms with Crippen molar-refractivity contribution in [3.8, 4) is 0 Å². The Morgan fingerprint density at radius 2 is 1.81 bits per heavy atom. The zero-order valence-corrected chi connectivity index (χ0v) is 9.98. The van der Waals surface area contributed by atoms with Gasteiger partial charge in [0, 0.05) is 0 Å². The van der Waals surface area contributed by atoms with Crippen LogP contribution in [0.5, 0.6) is 0 Å². The smallest absolute Gasteiger partial charge is 0.447 e. The first-order valence-corrected chi connectivity index (χ1v) is 4.95. The Balaban J connectivity index is 3.71. The number of ether oxygens (including phenoxy) is 1. The van der Waals surface area contributed by atoms with Crippen LogP contribution in [-0.4, -0.2) is 24.0 Å². The molecule has 0 radical (unpaired) electrons. The minimum absolute atomic E-state index is 0.143. The third-order valence-electron chi connectivity index (χ3n) is 1.63. The Bertz CT molecular complexity index is 242. The Hall–Kier alpha value is -1.46. The fourth-order valence-corrected chi connectivity index (χ4v) is 1.41. The summed E-state index contributed by atoms with van der Waals surface area (Å²) in [6.45, 7) is 8.33. The highest BCUT2D eigenvalue weighted by molar-refractivity contribution is 5.62. The number of hydrogen-bond acceptors (Lipinski definition) is 5. The van der Waals surface area contributed by atoms with E-state index in [1.165, 1.54) is 0 Å². The summed E-state index contributed by atoms with van der Waals surface area (Å²) in [4.78, 5) is 28.1. The van der Waals surface area contributed by atoms with Gasteiger partial charge in [-0.05, 0) is 17.8 Å². The van der Waals surface area contributed by atoms with Crippen molar-refractivity contribution in [1.82, 2.24) is 0 Å². The molecule has 16 heavy (non-hydrogen) atoms. The van der Waals surface area contributed by atoms with Gasteiger partial charge in [0.05, 0.1) is 6.61 Å². The molecule has 0 aliphatic carbocycles. The molecule has 0 amide bonds. The fraction of sp³-hybridized carbons (Fsp3) is 0.800. The van der Waals surface area contributed by atoms with Crippen LogP contribution in [0.4, 0.5) is 9.59 Å². The topological polar surface area (TPSA) is 82.1 Å². The SMILES string of the molecule is CC(COC(=O)OOC(=O)O)CC(C)(C)C. The minimum Gasteiger partial charge on any atom is -0.447 e. The predicted molar refractivity (Wildman–Crippen MR) is 54.8 cm³/mol. The summed E-state index contributed by atoms with van der Waals surface area (Å²) in [7, 11) is 0. The van der Waals surface area contributed by atoms with Gasteiger partial charge in [0.1, 0.15) is 0 Å². The molecular weight excluding hydrogens is 216 g/mol. The molecule has 0 saturated carbocycles. The van der Waals surface area contributed by atoms with Gasteiger partial charge in [-0.15, -0.1) is 0 Å². The Morgan fingerprint density at radius 1 is 1.25 bits per heavy atom. The van der Waals surface area contributed by atoms with Crippen molar-refractivity contribution in [3.05, 3.63) is 0 Å². The number of rotatable bonds is 3. The molecule has 94 valence electrons. The van der Waals surface area contributed by atoms with E-state index in [1.54, 1.807) is 0 Å². The van der Waals surface area contributed by atoms with E-state index in [1.807, 2.05) is 6.92 Å². The van der Waals surface area contributed by atoms with Crippen LogP contribution >= 0.6 is 0 Å². The van der Waals surface area contributed by atoms with Gasteiger partial charge in [0.2, 0.25) is 0 Å². The molecule has 0 aliphatic heterocycles. The fourth-order valence-electron chi connectivity index (χ4n) is 1.41. The third kappa shape index (κ3) is 9.11. The Morgan fingerprint density at radius 3 is 2.25 bits per heavy atom. The maximum absolute atomic E-state index is 10.8. The van der Waals surface area contributed by atoms with E-state index in [2.05, 4.69) is 35.3 Å². The number of carbonyl (C=O) groups is 2. The van der Waals surface area contributed by atoms with Crippen LogP contribution in [0.15, 0.2) is 0 Å². The van der Waals surface area contributed by atoms with Gasteiger partial charge in [0.25, 0.3) is 0 Å². The average Bonchev–Trinajstić information content (AvgIpc) is 2.08. The molecule has 1 atom stereocenters. The average molecular weight is 234 g/mol. The van der Waals surface area contributed by atoms with Crippen molar-refractivity contribution in [2.24, 2.45) is 11.3 Å². The molecule has 1 N–H and O–H groups in total. The zero-order valence-electron chi connectivity index (χ0n) is 9.98. The Labute approximate surface area is 94.4 Å². The molecule has 6 heteroatoms. The highest BCUT2D eigenvalue weighted by atomic mass is 17.3. The first kappa shape index (κ1) is 14.5. The van der Waals surface area contributed by atoms with Crippen molar-refractivity contribution in [2.45, 2.75) is 34.1 Å². The molecule has 0 fully saturated rings. The lowest BCUT2D eigenvalue weighted by atomic mass is 9.86. The second-order valence-corrected chi connectivity index (χ2v) is 4.86.